The van der Waals surface area contributed by atoms with Crippen molar-refractivity contribution in [2.75, 3.05) is 6.54 Å². The van der Waals surface area contributed by atoms with Gasteiger partial charge < -0.3 is 11.1 Å². The topological polar surface area (TPSA) is 38.0 Å². The van der Waals surface area contributed by atoms with Crippen molar-refractivity contribution in [2.45, 2.75) is 70.4 Å². The molecule has 98 valence electrons. The minimum Gasteiger partial charge on any atom is -0.329 e. The molecule has 2 nitrogen and oxygen atoms in total. The van der Waals surface area contributed by atoms with Crippen LogP contribution in [-0.4, -0.2) is 18.1 Å². The number of nitrogens with one attached hydrogen (secondary N) is 1. The zero-order valence-corrected chi connectivity index (χ0v) is 11.5. The third kappa shape index (κ3) is 2.04. The van der Waals surface area contributed by atoms with E-state index in [2.05, 4.69) is 19.2 Å². The van der Waals surface area contributed by atoms with Crippen LogP contribution in [0.25, 0.3) is 0 Å². The number of hydrogen-bond donors (Lipinski definition) is 2. The van der Waals surface area contributed by atoms with Crippen LogP contribution in [0.15, 0.2) is 0 Å². The fraction of sp³-hybridized carbons (Fsp3) is 1.00. The van der Waals surface area contributed by atoms with Gasteiger partial charge in [0, 0.05) is 18.1 Å². The summed E-state index contributed by atoms with van der Waals surface area (Å²) < 4.78 is 0. The second-order valence-electron chi connectivity index (χ2n) is 7.69. The van der Waals surface area contributed by atoms with E-state index in [9.17, 15) is 0 Å². The van der Waals surface area contributed by atoms with Crippen molar-refractivity contribution in [1.82, 2.24) is 5.32 Å². The Labute approximate surface area is 106 Å². The van der Waals surface area contributed by atoms with Gasteiger partial charge in [0.1, 0.15) is 0 Å². The van der Waals surface area contributed by atoms with E-state index in [1.807, 2.05) is 0 Å². The van der Waals surface area contributed by atoms with Gasteiger partial charge in [-0.25, -0.2) is 0 Å². The molecule has 3 N–H and O–H groups in total. The second-order valence-corrected chi connectivity index (χ2v) is 7.69. The van der Waals surface area contributed by atoms with Gasteiger partial charge >= 0.3 is 0 Å². The molecular weight excluding hydrogens is 208 g/mol. The van der Waals surface area contributed by atoms with E-state index in [0.717, 1.165) is 24.4 Å². The molecule has 0 heterocycles. The molecule has 0 aromatic carbocycles. The largest absolute Gasteiger partial charge is 0.329 e. The molecule has 4 atom stereocenters. The molecule has 3 aliphatic rings. The Morgan fingerprint density at radius 1 is 1.18 bits per heavy atom. The first-order chi connectivity index (χ1) is 8.03. The van der Waals surface area contributed by atoms with Gasteiger partial charge in [-0.15, -0.1) is 0 Å². The summed E-state index contributed by atoms with van der Waals surface area (Å²) in [6, 6.07) is 0.730. The minimum absolute atomic E-state index is 0.313. The average Bonchev–Trinajstić information content (AvgIpc) is 2.93. The Morgan fingerprint density at radius 2 is 2.00 bits per heavy atom. The molecule has 17 heavy (non-hydrogen) atoms. The molecule has 4 unspecified atom stereocenters. The lowest BCUT2D eigenvalue weighted by Gasteiger charge is -2.40. The molecule has 3 aliphatic carbocycles. The molecule has 0 aromatic rings. The quantitative estimate of drug-likeness (QED) is 0.790. The summed E-state index contributed by atoms with van der Waals surface area (Å²) in [5.41, 5.74) is 7.00. The average molecular weight is 236 g/mol. The van der Waals surface area contributed by atoms with Crippen molar-refractivity contribution >= 4 is 0 Å². The molecule has 3 rings (SSSR count). The van der Waals surface area contributed by atoms with Crippen molar-refractivity contribution in [3.8, 4) is 0 Å². The number of fused-ring (bicyclic) bond motifs is 2. The smallest absolute Gasteiger partial charge is 0.0337 e. The van der Waals surface area contributed by atoms with Crippen molar-refractivity contribution in [3.05, 3.63) is 0 Å². The highest BCUT2D eigenvalue weighted by atomic mass is 15.1. The van der Waals surface area contributed by atoms with Crippen LogP contribution < -0.4 is 11.1 Å². The zero-order chi connectivity index (χ0) is 12.1. The Bertz CT molecular complexity index is 299. The monoisotopic (exact) mass is 236 g/mol. The van der Waals surface area contributed by atoms with Gasteiger partial charge in [0.2, 0.25) is 0 Å². The van der Waals surface area contributed by atoms with E-state index >= 15 is 0 Å². The lowest BCUT2D eigenvalue weighted by atomic mass is 9.80. The molecule has 0 aliphatic heterocycles. The fourth-order valence-corrected chi connectivity index (χ4v) is 4.90. The summed E-state index contributed by atoms with van der Waals surface area (Å²) in [4.78, 5) is 0. The first-order valence-corrected chi connectivity index (χ1v) is 7.51. The summed E-state index contributed by atoms with van der Waals surface area (Å²) in [6.07, 6.45) is 9.75. The lowest BCUT2D eigenvalue weighted by Crippen LogP contribution is -2.58. The lowest BCUT2D eigenvalue weighted by molar-refractivity contribution is 0.188. The molecule has 3 saturated carbocycles. The van der Waals surface area contributed by atoms with Gasteiger partial charge in [-0.05, 0) is 55.8 Å². The molecule has 2 bridgehead atoms. The molecule has 0 radical (unpaired) electrons. The van der Waals surface area contributed by atoms with Crippen LogP contribution in [-0.2, 0) is 0 Å². The summed E-state index contributed by atoms with van der Waals surface area (Å²) in [7, 11) is 0. The van der Waals surface area contributed by atoms with E-state index in [1.165, 1.54) is 44.9 Å². The molecule has 0 amide bonds. The summed E-state index contributed by atoms with van der Waals surface area (Å²) in [6.45, 7) is 5.67. The number of nitrogens with two attached hydrogens (primary N) is 1. The van der Waals surface area contributed by atoms with Crippen molar-refractivity contribution < 1.29 is 0 Å². The maximum atomic E-state index is 6.14. The molecular formula is C15H28N2. The Hall–Kier alpha value is -0.0800. The van der Waals surface area contributed by atoms with E-state index < -0.39 is 0 Å². The van der Waals surface area contributed by atoms with Gasteiger partial charge in [0.15, 0.2) is 0 Å². The third-order valence-electron chi connectivity index (χ3n) is 5.80. The zero-order valence-electron chi connectivity index (χ0n) is 11.5. The van der Waals surface area contributed by atoms with Gasteiger partial charge in [0.25, 0.3) is 0 Å². The maximum absolute atomic E-state index is 6.14. The fourth-order valence-electron chi connectivity index (χ4n) is 4.90. The summed E-state index contributed by atoms with van der Waals surface area (Å²) >= 11 is 0. The van der Waals surface area contributed by atoms with Crippen LogP contribution in [0.3, 0.4) is 0 Å². The van der Waals surface area contributed by atoms with Crippen molar-refractivity contribution in [3.63, 3.8) is 0 Å². The van der Waals surface area contributed by atoms with E-state index in [-0.39, 0.29) is 0 Å². The Kier molecular flexibility index (Phi) is 2.79. The van der Waals surface area contributed by atoms with Crippen molar-refractivity contribution in [1.29, 1.82) is 0 Å². The van der Waals surface area contributed by atoms with Gasteiger partial charge in [-0.3, -0.25) is 0 Å². The summed E-state index contributed by atoms with van der Waals surface area (Å²) in [5.74, 6) is 1.85. The molecule has 3 fully saturated rings. The van der Waals surface area contributed by atoms with E-state index in [4.69, 9.17) is 5.73 Å². The summed E-state index contributed by atoms with van der Waals surface area (Å²) in [5, 5.41) is 4.00. The van der Waals surface area contributed by atoms with E-state index in [0.29, 0.717) is 11.0 Å². The number of hydrogen-bond acceptors (Lipinski definition) is 2. The number of rotatable bonds is 3. The normalized spacial score (nSPS) is 47.8. The highest BCUT2D eigenvalue weighted by molar-refractivity contribution is 5.08. The second kappa shape index (κ2) is 3.96. The van der Waals surface area contributed by atoms with Crippen LogP contribution >= 0.6 is 0 Å². The molecule has 0 aromatic heterocycles. The first-order valence-electron chi connectivity index (χ1n) is 7.51. The third-order valence-corrected chi connectivity index (χ3v) is 5.80. The molecule has 0 saturated heterocycles. The van der Waals surface area contributed by atoms with Crippen LogP contribution in [0.1, 0.15) is 58.8 Å². The van der Waals surface area contributed by atoms with Crippen LogP contribution in [0.2, 0.25) is 0 Å². The Morgan fingerprint density at radius 3 is 2.47 bits per heavy atom. The van der Waals surface area contributed by atoms with Crippen LogP contribution in [0, 0.1) is 17.3 Å². The van der Waals surface area contributed by atoms with Crippen LogP contribution in [0.4, 0.5) is 0 Å². The van der Waals surface area contributed by atoms with Gasteiger partial charge in [-0.1, -0.05) is 20.3 Å². The molecule has 2 heteroatoms. The highest BCUT2D eigenvalue weighted by Gasteiger charge is 2.51. The van der Waals surface area contributed by atoms with Crippen LogP contribution in [0.5, 0.6) is 0 Å². The van der Waals surface area contributed by atoms with Crippen molar-refractivity contribution in [2.24, 2.45) is 23.0 Å². The predicted octanol–water partition coefficient (Wildman–Crippen LogP) is 2.67. The SMILES string of the molecule is CC1(C)CCC(NC2(CN)CC3CCC2C3)C1. The van der Waals surface area contributed by atoms with Gasteiger partial charge in [0.05, 0.1) is 0 Å². The minimum atomic E-state index is 0.313. The van der Waals surface area contributed by atoms with Gasteiger partial charge in [-0.2, -0.15) is 0 Å². The highest BCUT2D eigenvalue weighted by Crippen LogP contribution is 2.51. The Balaban J connectivity index is 1.67. The maximum Gasteiger partial charge on any atom is 0.0337 e. The first kappa shape index (κ1) is 12.0. The standard InChI is InChI=1S/C15H28N2/c1-14(2)6-5-13(9-14)17-15(10-16)8-11-3-4-12(15)7-11/h11-13,17H,3-10,16H2,1-2H3. The van der Waals surface area contributed by atoms with E-state index in [1.54, 1.807) is 0 Å². The molecule has 0 spiro atoms. The predicted molar refractivity (Wildman–Crippen MR) is 71.8 cm³/mol.